The number of amides is 1. The molecule has 2 heterocycles. The lowest BCUT2D eigenvalue weighted by Gasteiger charge is -2.31. The number of likely N-dealkylation sites (tertiary alicyclic amines) is 2. The zero-order valence-corrected chi connectivity index (χ0v) is 13.9. The fourth-order valence-electron chi connectivity index (χ4n) is 3.79. The quantitative estimate of drug-likeness (QED) is 0.807. The first kappa shape index (κ1) is 16.7. The summed E-state index contributed by atoms with van der Waals surface area (Å²) in [6, 6.07) is 0.774. The number of nitrogens with zero attached hydrogens (tertiary/aromatic N) is 3. The summed E-state index contributed by atoms with van der Waals surface area (Å²) in [6.07, 6.45) is 4.16. The van der Waals surface area contributed by atoms with E-state index in [1.165, 1.54) is 6.42 Å². The molecule has 5 heteroatoms. The zero-order chi connectivity index (χ0) is 15.4. The topological polar surface area (TPSA) is 52.8 Å². The fraction of sp³-hybridized carbons (Fsp3) is 0.938. The summed E-state index contributed by atoms with van der Waals surface area (Å²) in [5.74, 6) is 0.935. The molecule has 2 fully saturated rings. The summed E-state index contributed by atoms with van der Waals surface area (Å²) < 4.78 is 0. The highest BCUT2D eigenvalue weighted by Crippen LogP contribution is 2.23. The number of likely N-dealkylation sites (N-methyl/N-ethyl adjacent to an activating group) is 1. The van der Waals surface area contributed by atoms with Gasteiger partial charge in [-0.05, 0) is 39.3 Å². The van der Waals surface area contributed by atoms with Crippen LogP contribution in [-0.4, -0.2) is 79.5 Å². The number of carbonyl (C=O) groups excluding carboxylic acids is 1. The van der Waals surface area contributed by atoms with Gasteiger partial charge in [-0.3, -0.25) is 9.69 Å². The molecule has 2 N–H and O–H groups in total. The molecule has 3 unspecified atom stereocenters. The summed E-state index contributed by atoms with van der Waals surface area (Å²) in [5.41, 5.74) is 5.97. The Balaban J connectivity index is 1.89. The molecule has 0 saturated carbocycles. The van der Waals surface area contributed by atoms with Gasteiger partial charge in [0.2, 0.25) is 5.91 Å². The Hall–Kier alpha value is -0.650. The molecule has 2 aliphatic heterocycles. The van der Waals surface area contributed by atoms with Gasteiger partial charge >= 0.3 is 0 Å². The van der Waals surface area contributed by atoms with Crippen molar-refractivity contribution in [1.82, 2.24) is 14.7 Å². The van der Waals surface area contributed by atoms with E-state index in [9.17, 15) is 4.79 Å². The Labute approximate surface area is 129 Å². The zero-order valence-electron chi connectivity index (χ0n) is 13.9. The largest absolute Gasteiger partial charge is 0.343 e. The Bertz CT molecular complexity index is 341. The van der Waals surface area contributed by atoms with E-state index in [0.29, 0.717) is 30.8 Å². The first-order valence-electron chi connectivity index (χ1n) is 8.41. The molecule has 2 rings (SSSR count). The van der Waals surface area contributed by atoms with Crippen molar-refractivity contribution >= 4 is 5.91 Å². The minimum absolute atomic E-state index is 0.201. The van der Waals surface area contributed by atoms with Crippen LogP contribution in [0.5, 0.6) is 0 Å². The average Bonchev–Trinajstić information content (AvgIpc) is 2.87. The van der Waals surface area contributed by atoms with Crippen LogP contribution >= 0.6 is 0 Å². The van der Waals surface area contributed by atoms with Crippen molar-refractivity contribution in [3.05, 3.63) is 0 Å². The standard InChI is InChI=1S/C16H32N4O/c1-13-11-20(12-15(13)18(2)3)14(10-17)9-16(21)19-7-5-4-6-8-19/h13-15H,4-12,17H2,1-3H3. The molecule has 2 saturated heterocycles. The molecule has 0 radical (unpaired) electrons. The van der Waals surface area contributed by atoms with E-state index in [1.54, 1.807) is 0 Å². The minimum atomic E-state index is 0.201. The van der Waals surface area contributed by atoms with Crippen LogP contribution in [0.3, 0.4) is 0 Å². The summed E-state index contributed by atoms with van der Waals surface area (Å²) in [6.45, 7) is 6.83. The van der Waals surface area contributed by atoms with Gasteiger partial charge in [-0.15, -0.1) is 0 Å². The lowest BCUT2D eigenvalue weighted by Crippen LogP contribution is -2.45. The second-order valence-electron chi connectivity index (χ2n) is 7.00. The van der Waals surface area contributed by atoms with Gasteiger partial charge in [-0.1, -0.05) is 6.92 Å². The third-order valence-electron chi connectivity index (χ3n) is 5.17. The van der Waals surface area contributed by atoms with Gasteiger partial charge in [-0.25, -0.2) is 0 Å². The summed E-state index contributed by atoms with van der Waals surface area (Å²) >= 11 is 0. The third-order valence-corrected chi connectivity index (χ3v) is 5.17. The van der Waals surface area contributed by atoms with Crippen LogP contribution in [0.15, 0.2) is 0 Å². The fourth-order valence-corrected chi connectivity index (χ4v) is 3.79. The monoisotopic (exact) mass is 296 g/mol. The second-order valence-corrected chi connectivity index (χ2v) is 7.00. The van der Waals surface area contributed by atoms with E-state index in [4.69, 9.17) is 5.73 Å². The van der Waals surface area contributed by atoms with Crippen molar-refractivity contribution in [2.24, 2.45) is 11.7 Å². The van der Waals surface area contributed by atoms with Crippen LogP contribution in [-0.2, 0) is 4.79 Å². The molecule has 1 amide bonds. The average molecular weight is 296 g/mol. The normalized spacial score (nSPS) is 29.1. The van der Waals surface area contributed by atoms with E-state index in [0.717, 1.165) is 39.0 Å². The number of nitrogens with two attached hydrogens (primary N) is 1. The first-order chi connectivity index (χ1) is 10.0. The van der Waals surface area contributed by atoms with E-state index in [1.807, 2.05) is 4.90 Å². The summed E-state index contributed by atoms with van der Waals surface area (Å²) in [7, 11) is 4.28. The Morgan fingerprint density at radius 1 is 1.24 bits per heavy atom. The van der Waals surface area contributed by atoms with Crippen molar-refractivity contribution in [2.45, 2.75) is 44.7 Å². The van der Waals surface area contributed by atoms with E-state index >= 15 is 0 Å². The predicted octanol–water partition coefficient (Wildman–Crippen LogP) is 0.598. The van der Waals surface area contributed by atoms with Crippen molar-refractivity contribution in [3.8, 4) is 0 Å². The Morgan fingerprint density at radius 2 is 1.90 bits per heavy atom. The maximum atomic E-state index is 12.5. The number of hydrogen-bond donors (Lipinski definition) is 1. The van der Waals surface area contributed by atoms with Crippen molar-refractivity contribution in [2.75, 3.05) is 46.8 Å². The maximum absolute atomic E-state index is 12.5. The smallest absolute Gasteiger partial charge is 0.224 e. The molecule has 0 aromatic rings. The van der Waals surface area contributed by atoms with Gasteiger partial charge in [-0.2, -0.15) is 0 Å². The molecule has 0 bridgehead atoms. The summed E-state index contributed by atoms with van der Waals surface area (Å²) in [5, 5.41) is 0. The van der Waals surface area contributed by atoms with E-state index in [2.05, 4.69) is 30.8 Å². The predicted molar refractivity (Wildman–Crippen MR) is 86.1 cm³/mol. The molecule has 0 aromatic heterocycles. The first-order valence-corrected chi connectivity index (χ1v) is 8.41. The van der Waals surface area contributed by atoms with Crippen LogP contribution in [0.2, 0.25) is 0 Å². The van der Waals surface area contributed by atoms with E-state index in [-0.39, 0.29) is 6.04 Å². The van der Waals surface area contributed by atoms with Crippen LogP contribution in [0.1, 0.15) is 32.6 Å². The van der Waals surface area contributed by atoms with E-state index < -0.39 is 0 Å². The molecule has 21 heavy (non-hydrogen) atoms. The molecule has 2 aliphatic rings. The molecule has 0 spiro atoms. The lowest BCUT2D eigenvalue weighted by molar-refractivity contribution is -0.133. The molecular weight excluding hydrogens is 264 g/mol. The molecule has 122 valence electrons. The van der Waals surface area contributed by atoms with Crippen molar-refractivity contribution in [3.63, 3.8) is 0 Å². The van der Waals surface area contributed by atoms with Crippen LogP contribution in [0.4, 0.5) is 0 Å². The molecular formula is C16H32N4O. The van der Waals surface area contributed by atoms with Crippen molar-refractivity contribution < 1.29 is 4.79 Å². The number of carbonyl (C=O) groups is 1. The Morgan fingerprint density at radius 3 is 2.43 bits per heavy atom. The highest BCUT2D eigenvalue weighted by molar-refractivity contribution is 5.77. The highest BCUT2D eigenvalue weighted by Gasteiger charge is 2.35. The summed E-state index contributed by atoms with van der Waals surface area (Å²) in [4.78, 5) is 19.2. The number of hydrogen-bond acceptors (Lipinski definition) is 4. The molecule has 0 aliphatic carbocycles. The maximum Gasteiger partial charge on any atom is 0.224 e. The second kappa shape index (κ2) is 7.56. The van der Waals surface area contributed by atoms with Crippen LogP contribution < -0.4 is 5.73 Å². The van der Waals surface area contributed by atoms with Gasteiger partial charge in [0.1, 0.15) is 0 Å². The highest BCUT2D eigenvalue weighted by atomic mass is 16.2. The van der Waals surface area contributed by atoms with Gasteiger partial charge in [0.05, 0.1) is 0 Å². The minimum Gasteiger partial charge on any atom is -0.343 e. The Kier molecular flexibility index (Phi) is 6.02. The van der Waals surface area contributed by atoms with Crippen LogP contribution in [0.25, 0.3) is 0 Å². The van der Waals surface area contributed by atoms with Gasteiger partial charge in [0.15, 0.2) is 0 Å². The molecule has 3 atom stereocenters. The lowest BCUT2D eigenvalue weighted by atomic mass is 10.1. The van der Waals surface area contributed by atoms with Gasteiger partial charge in [0.25, 0.3) is 0 Å². The molecule has 5 nitrogen and oxygen atoms in total. The third kappa shape index (κ3) is 4.18. The van der Waals surface area contributed by atoms with Crippen LogP contribution in [0, 0.1) is 5.92 Å². The number of rotatable bonds is 5. The van der Waals surface area contributed by atoms with Gasteiger partial charge in [0, 0.05) is 51.2 Å². The molecule has 0 aromatic carbocycles. The number of piperidine rings is 1. The SMILES string of the molecule is CC1CN(C(CN)CC(=O)N2CCCCC2)CC1N(C)C. The van der Waals surface area contributed by atoms with Gasteiger partial charge < -0.3 is 15.5 Å². The van der Waals surface area contributed by atoms with Crippen molar-refractivity contribution in [1.29, 1.82) is 0 Å².